The summed E-state index contributed by atoms with van der Waals surface area (Å²) in [7, 11) is 0. The minimum Gasteiger partial charge on any atom is -0.375 e. The number of rotatable bonds is 3. The highest BCUT2D eigenvalue weighted by atomic mass is 35.5. The molecule has 2 aliphatic rings. The van der Waals surface area contributed by atoms with E-state index in [2.05, 4.69) is 5.32 Å². The summed E-state index contributed by atoms with van der Waals surface area (Å²) in [5.74, 6) is 0.190. The van der Waals surface area contributed by atoms with Gasteiger partial charge in [-0.25, -0.2) is 0 Å². The van der Waals surface area contributed by atoms with Gasteiger partial charge < -0.3 is 19.9 Å². The number of hydrogen-bond acceptors (Lipinski definition) is 4. The fraction of sp³-hybridized carbons (Fsp3) is 0.600. The van der Waals surface area contributed by atoms with Crippen LogP contribution in [0.4, 0.5) is 0 Å². The number of carbonyl (C=O) groups is 2. The van der Waals surface area contributed by atoms with Crippen molar-refractivity contribution in [2.75, 3.05) is 39.3 Å². The highest BCUT2D eigenvalue weighted by Crippen LogP contribution is 2.26. The first kappa shape index (κ1) is 21.7. The summed E-state index contributed by atoms with van der Waals surface area (Å²) in [5, 5.41) is 3.25. The third kappa shape index (κ3) is 4.62. The molecular weight excluding hydrogens is 366 g/mol. The zero-order valence-corrected chi connectivity index (χ0v) is 17.1. The highest BCUT2D eigenvalue weighted by molar-refractivity contribution is 5.88. The third-order valence-electron chi connectivity index (χ3n) is 5.49. The van der Waals surface area contributed by atoms with E-state index < -0.39 is 5.41 Å². The summed E-state index contributed by atoms with van der Waals surface area (Å²) in [6, 6.07) is 9.58. The molecule has 1 N–H and O–H groups in total. The molecule has 0 bridgehead atoms. The quantitative estimate of drug-likeness (QED) is 0.841. The zero-order valence-electron chi connectivity index (χ0n) is 16.3. The van der Waals surface area contributed by atoms with Gasteiger partial charge in [-0.15, -0.1) is 12.4 Å². The van der Waals surface area contributed by atoms with Gasteiger partial charge in [-0.1, -0.05) is 30.3 Å². The number of morpholine rings is 1. The Morgan fingerprint density at radius 1 is 1.07 bits per heavy atom. The average Bonchev–Trinajstić information content (AvgIpc) is 2.68. The molecule has 3 rings (SSSR count). The molecule has 6 nitrogen and oxygen atoms in total. The lowest BCUT2D eigenvalue weighted by Crippen LogP contribution is -2.60. The summed E-state index contributed by atoms with van der Waals surface area (Å²) < 4.78 is 5.58. The van der Waals surface area contributed by atoms with E-state index >= 15 is 0 Å². The van der Waals surface area contributed by atoms with Gasteiger partial charge in [0.05, 0.1) is 18.1 Å². The van der Waals surface area contributed by atoms with Gasteiger partial charge in [0.1, 0.15) is 6.04 Å². The van der Waals surface area contributed by atoms with E-state index in [4.69, 9.17) is 4.74 Å². The van der Waals surface area contributed by atoms with Crippen LogP contribution in [-0.2, 0) is 19.7 Å². The van der Waals surface area contributed by atoms with Crippen molar-refractivity contribution in [3.63, 3.8) is 0 Å². The summed E-state index contributed by atoms with van der Waals surface area (Å²) >= 11 is 0. The third-order valence-corrected chi connectivity index (χ3v) is 5.49. The summed E-state index contributed by atoms with van der Waals surface area (Å²) in [6.07, 6.45) is -0.118. The van der Waals surface area contributed by atoms with Crippen molar-refractivity contribution in [1.29, 1.82) is 0 Å². The van der Waals surface area contributed by atoms with Crippen LogP contribution in [-0.4, -0.2) is 73.1 Å². The molecule has 2 amide bonds. The van der Waals surface area contributed by atoms with Gasteiger partial charge in [0.2, 0.25) is 11.8 Å². The zero-order chi connectivity index (χ0) is 18.7. The fourth-order valence-corrected chi connectivity index (χ4v) is 3.71. The molecule has 1 aromatic carbocycles. The van der Waals surface area contributed by atoms with Gasteiger partial charge in [0.15, 0.2) is 0 Å². The molecular formula is C20H30ClN3O3. The average molecular weight is 396 g/mol. The Labute approximate surface area is 167 Å². The summed E-state index contributed by atoms with van der Waals surface area (Å²) in [4.78, 5) is 29.5. The number of piperazine rings is 1. The second kappa shape index (κ2) is 9.04. The minimum atomic E-state index is -0.569. The number of hydrogen-bond donors (Lipinski definition) is 1. The van der Waals surface area contributed by atoms with Crippen molar-refractivity contribution in [3.05, 3.63) is 35.9 Å². The topological polar surface area (TPSA) is 61.9 Å². The smallest absolute Gasteiger partial charge is 0.242 e. The second-order valence-corrected chi connectivity index (χ2v) is 7.62. The van der Waals surface area contributed by atoms with Crippen LogP contribution in [0.2, 0.25) is 0 Å². The number of ether oxygens (including phenoxy) is 1. The first-order chi connectivity index (χ1) is 12.4. The molecule has 0 aromatic heterocycles. The fourth-order valence-electron chi connectivity index (χ4n) is 3.71. The van der Waals surface area contributed by atoms with Gasteiger partial charge in [0, 0.05) is 32.7 Å². The number of nitrogens with one attached hydrogen (secondary N) is 1. The molecule has 1 aromatic rings. The number of amides is 2. The molecule has 0 unspecified atom stereocenters. The van der Waals surface area contributed by atoms with Gasteiger partial charge in [0.25, 0.3) is 0 Å². The normalized spacial score (nSPS) is 23.5. The first-order valence-electron chi connectivity index (χ1n) is 9.40. The SMILES string of the molecule is C[C@H]1OCCN[C@@H]1C(=O)N1CCN(C(=O)C(C)(C)c2ccccc2)CC1.Cl. The lowest BCUT2D eigenvalue weighted by Gasteiger charge is -2.41. The van der Waals surface area contributed by atoms with Crippen LogP contribution < -0.4 is 5.32 Å². The Hall–Kier alpha value is -1.63. The van der Waals surface area contributed by atoms with E-state index in [1.807, 2.05) is 60.9 Å². The highest BCUT2D eigenvalue weighted by Gasteiger charge is 2.37. The van der Waals surface area contributed by atoms with E-state index in [1.165, 1.54) is 0 Å². The maximum Gasteiger partial charge on any atom is 0.242 e. The Morgan fingerprint density at radius 2 is 1.67 bits per heavy atom. The number of halogens is 1. The predicted octanol–water partition coefficient (Wildman–Crippen LogP) is 1.43. The van der Waals surface area contributed by atoms with Crippen molar-refractivity contribution in [2.45, 2.75) is 38.3 Å². The van der Waals surface area contributed by atoms with Gasteiger partial charge in [-0.2, -0.15) is 0 Å². The minimum absolute atomic E-state index is 0. The van der Waals surface area contributed by atoms with E-state index in [0.29, 0.717) is 39.3 Å². The maximum atomic E-state index is 13.0. The summed E-state index contributed by atoms with van der Waals surface area (Å²) in [6.45, 7) is 9.48. The second-order valence-electron chi connectivity index (χ2n) is 7.62. The maximum absolute atomic E-state index is 13.0. The Balaban J connectivity index is 0.00000261. The molecule has 0 radical (unpaired) electrons. The van der Waals surface area contributed by atoms with E-state index in [0.717, 1.165) is 5.56 Å². The monoisotopic (exact) mass is 395 g/mol. The Kier molecular flexibility index (Phi) is 7.25. The molecule has 27 heavy (non-hydrogen) atoms. The van der Waals surface area contributed by atoms with Crippen LogP contribution in [0.1, 0.15) is 26.3 Å². The van der Waals surface area contributed by atoms with Crippen molar-refractivity contribution in [2.24, 2.45) is 0 Å². The standard InChI is InChI=1S/C20H29N3O3.ClH/c1-15-17(21-9-14-26-15)18(24)22-10-12-23(13-11-22)19(25)20(2,3)16-7-5-4-6-8-16;/h4-8,15,17,21H,9-14H2,1-3H3;1H/t15-,17+;/m1./s1. The van der Waals surface area contributed by atoms with Crippen LogP contribution >= 0.6 is 12.4 Å². The van der Waals surface area contributed by atoms with E-state index in [-0.39, 0.29) is 36.4 Å². The molecule has 0 saturated carbocycles. The molecule has 2 fully saturated rings. The molecule has 0 spiro atoms. The van der Waals surface area contributed by atoms with Gasteiger partial charge in [-0.3, -0.25) is 9.59 Å². The van der Waals surface area contributed by atoms with Crippen LogP contribution in [0, 0.1) is 0 Å². The molecule has 150 valence electrons. The van der Waals surface area contributed by atoms with Crippen molar-refractivity contribution >= 4 is 24.2 Å². The van der Waals surface area contributed by atoms with Crippen LogP contribution in [0.25, 0.3) is 0 Å². The molecule has 7 heteroatoms. The van der Waals surface area contributed by atoms with Crippen molar-refractivity contribution < 1.29 is 14.3 Å². The van der Waals surface area contributed by atoms with E-state index in [9.17, 15) is 9.59 Å². The molecule has 2 heterocycles. The molecule has 2 saturated heterocycles. The van der Waals surface area contributed by atoms with Crippen molar-refractivity contribution in [3.8, 4) is 0 Å². The van der Waals surface area contributed by atoms with E-state index in [1.54, 1.807) is 0 Å². The number of benzene rings is 1. The number of nitrogens with zero attached hydrogens (tertiary/aromatic N) is 2. The lowest BCUT2D eigenvalue weighted by atomic mass is 9.83. The lowest BCUT2D eigenvalue weighted by molar-refractivity contribution is -0.146. The van der Waals surface area contributed by atoms with Gasteiger partial charge in [-0.05, 0) is 26.3 Å². The Morgan fingerprint density at radius 3 is 2.26 bits per heavy atom. The molecule has 2 aliphatic heterocycles. The Bertz CT molecular complexity index is 645. The predicted molar refractivity (Wildman–Crippen MR) is 107 cm³/mol. The van der Waals surface area contributed by atoms with Crippen molar-refractivity contribution in [1.82, 2.24) is 15.1 Å². The van der Waals surface area contributed by atoms with Crippen LogP contribution in [0.3, 0.4) is 0 Å². The molecule has 0 aliphatic carbocycles. The largest absolute Gasteiger partial charge is 0.375 e. The van der Waals surface area contributed by atoms with Crippen LogP contribution in [0.5, 0.6) is 0 Å². The molecule has 2 atom stereocenters. The van der Waals surface area contributed by atoms with Crippen LogP contribution in [0.15, 0.2) is 30.3 Å². The number of carbonyl (C=O) groups excluding carboxylic acids is 2. The first-order valence-corrected chi connectivity index (χ1v) is 9.40. The van der Waals surface area contributed by atoms with Gasteiger partial charge >= 0.3 is 0 Å². The summed E-state index contributed by atoms with van der Waals surface area (Å²) in [5.41, 5.74) is 0.446.